The van der Waals surface area contributed by atoms with Gasteiger partial charge in [-0.25, -0.2) is 13.6 Å². The number of carbonyl (C=O) groups is 2. The van der Waals surface area contributed by atoms with Crippen LogP contribution in [0.25, 0.3) is 0 Å². The van der Waals surface area contributed by atoms with Gasteiger partial charge < -0.3 is 10.2 Å². The van der Waals surface area contributed by atoms with Gasteiger partial charge in [-0.2, -0.15) is 0 Å². The lowest BCUT2D eigenvalue weighted by atomic mass is 10.1. The van der Waals surface area contributed by atoms with Crippen molar-refractivity contribution < 1.29 is 28.6 Å². The number of carbonyl (C=O) groups excluding carboxylic acids is 1. The van der Waals surface area contributed by atoms with Gasteiger partial charge in [-0.1, -0.05) is 0 Å². The van der Waals surface area contributed by atoms with Crippen LogP contribution in [0.2, 0.25) is 0 Å². The van der Waals surface area contributed by atoms with Gasteiger partial charge in [0.1, 0.15) is 0 Å². The third-order valence-electron chi connectivity index (χ3n) is 1.69. The topological polar surface area (TPSA) is 74.6 Å². The van der Waals surface area contributed by atoms with Gasteiger partial charge >= 0.3 is 5.97 Å². The molecule has 0 saturated carbocycles. The molecule has 1 aromatic rings. The van der Waals surface area contributed by atoms with E-state index in [1.54, 1.807) is 0 Å². The van der Waals surface area contributed by atoms with Gasteiger partial charge in [0.25, 0.3) is 0 Å². The maximum Gasteiger partial charge on any atom is 0.371 e. The molecular formula is C10H6F2O4. The van der Waals surface area contributed by atoms with E-state index in [9.17, 15) is 18.4 Å². The van der Waals surface area contributed by atoms with Crippen molar-refractivity contribution in [1.82, 2.24) is 0 Å². The molecule has 16 heavy (non-hydrogen) atoms. The van der Waals surface area contributed by atoms with E-state index in [4.69, 9.17) is 10.2 Å². The highest BCUT2D eigenvalue weighted by atomic mass is 19.2. The maximum absolute atomic E-state index is 12.7. The van der Waals surface area contributed by atoms with Crippen LogP contribution in [0.1, 0.15) is 10.4 Å². The number of hydrogen-bond donors (Lipinski definition) is 2. The first-order valence-electron chi connectivity index (χ1n) is 4.05. The zero-order chi connectivity index (χ0) is 12.3. The second-order valence-corrected chi connectivity index (χ2v) is 2.83. The average Bonchev–Trinajstić information content (AvgIpc) is 2.21. The number of allylic oxidation sites excluding steroid dienone is 1. The molecule has 0 aromatic heterocycles. The van der Waals surface area contributed by atoms with Crippen molar-refractivity contribution in [3.8, 4) is 0 Å². The second-order valence-electron chi connectivity index (χ2n) is 2.83. The third-order valence-corrected chi connectivity index (χ3v) is 1.69. The molecule has 0 aliphatic rings. The first-order valence-corrected chi connectivity index (χ1v) is 4.05. The van der Waals surface area contributed by atoms with Crippen molar-refractivity contribution in [2.24, 2.45) is 0 Å². The molecule has 0 atom stereocenters. The summed E-state index contributed by atoms with van der Waals surface area (Å²) in [6.45, 7) is 0. The zero-order valence-corrected chi connectivity index (χ0v) is 7.78. The quantitative estimate of drug-likeness (QED) is 0.468. The Kier molecular flexibility index (Phi) is 3.34. The lowest BCUT2D eigenvalue weighted by Gasteiger charge is -1.97. The van der Waals surface area contributed by atoms with E-state index in [0.29, 0.717) is 12.1 Å². The number of carboxylic acids is 1. The summed E-state index contributed by atoms with van der Waals surface area (Å²) >= 11 is 0. The maximum atomic E-state index is 12.7. The molecule has 0 aliphatic heterocycles. The molecule has 0 spiro atoms. The highest BCUT2D eigenvalue weighted by Crippen LogP contribution is 2.10. The SMILES string of the molecule is O=C(O)C(O)=CC(=O)c1ccc(F)c(F)c1. The lowest BCUT2D eigenvalue weighted by molar-refractivity contribution is -0.135. The summed E-state index contributed by atoms with van der Waals surface area (Å²) in [5, 5.41) is 17.0. The fourth-order valence-electron chi connectivity index (χ4n) is 0.919. The predicted octanol–water partition coefficient (Wildman–Crippen LogP) is 1.67. The number of hydrogen-bond acceptors (Lipinski definition) is 3. The normalized spacial score (nSPS) is 11.2. The van der Waals surface area contributed by atoms with Crippen molar-refractivity contribution >= 4 is 11.8 Å². The van der Waals surface area contributed by atoms with Gasteiger partial charge in [-0.05, 0) is 18.2 Å². The van der Waals surface area contributed by atoms with E-state index in [1.807, 2.05) is 0 Å². The fourth-order valence-corrected chi connectivity index (χ4v) is 0.919. The van der Waals surface area contributed by atoms with Gasteiger partial charge in [-0.15, -0.1) is 0 Å². The molecular weight excluding hydrogens is 222 g/mol. The summed E-state index contributed by atoms with van der Waals surface area (Å²) in [5.41, 5.74) is -0.258. The van der Waals surface area contributed by atoms with Crippen LogP contribution in [0.5, 0.6) is 0 Å². The zero-order valence-electron chi connectivity index (χ0n) is 7.78. The Balaban J connectivity index is 3.02. The van der Waals surface area contributed by atoms with Gasteiger partial charge in [0.2, 0.25) is 5.76 Å². The molecule has 0 fully saturated rings. The fraction of sp³-hybridized carbons (Fsp3) is 0. The van der Waals surface area contributed by atoms with E-state index >= 15 is 0 Å². The number of aliphatic hydroxyl groups is 1. The second kappa shape index (κ2) is 4.52. The van der Waals surface area contributed by atoms with Gasteiger partial charge in [0.05, 0.1) is 0 Å². The van der Waals surface area contributed by atoms with Crippen molar-refractivity contribution in [3.05, 3.63) is 47.2 Å². The van der Waals surface area contributed by atoms with Crippen LogP contribution in [0, 0.1) is 11.6 Å². The van der Waals surface area contributed by atoms with Crippen LogP contribution >= 0.6 is 0 Å². The van der Waals surface area contributed by atoms with Crippen molar-refractivity contribution in [2.45, 2.75) is 0 Å². The first kappa shape index (κ1) is 11.8. The Hall–Kier alpha value is -2.24. The molecule has 0 heterocycles. The highest BCUT2D eigenvalue weighted by molar-refractivity contribution is 6.07. The number of aliphatic hydroxyl groups excluding tert-OH is 1. The molecule has 84 valence electrons. The number of halogens is 2. The average molecular weight is 228 g/mol. The summed E-state index contributed by atoms with van der Waals surface area (Å²) < 4.78 is 25.2. The van der Waals surface area contributed by atoms with Gasteiger partial charge in [-0.3, -0.25) is 4.79 Å². The summed E-state index contributed by atoms with van der Waals surface area (Å²) in [6.07, 6.45) is 0.412. The molecule has 4 nitrogen and oxygen atoms in total. The molecule has 0 bridgehead atoms. The largest absolute Gasteiger partial charge is 0.502 e. The van der Waals surface area contributed by atoms with Crippen LogP contribution in [-0.2, 0) is 4.79 Å². The Morgan fingerprint density at radius 1 is 1.12 bits per heavy atom. The van der Waals surface area contributed by atoms with E-state index < -0.39 is 29.1 Å². The van der Waals surface area contributed by atoms with Crippen LogP contribution in [0.3, 0.4) is 0 Å². The van der Waals surface area contributed by atoms with Crippen molar-refractivity contribution in [2.75, 3.05) is 0 Å². The minimum absolute atomic E-state index is 0.258. The first-order chi connectivity index (χ1) is 7.41. The van der Waals surface area contributed by atoms with Gasteiger partial charge in [0, 0.05) is 11.6 Å². The molecule has 0 radical (unpaired) electrons. The minimum Gasteiger partial charge on any atom is -0.502 e. The monoisotopic (exact) mass is 228 g/mol. The smallest absolute Gasteiger partial charge is 0.371 e. The van der Waals surface area contributed by atoms with Crippen LogP contribution in [-0.4, -0.2) is 22.0 Å². The van der Waals surface area contributed by atoms with E-state index in [2.05, 4.69) is 0 Å². The Morgan fingerprint density at radius 2 is 1.75 bits per heavy atom. The molecule has 6 heteroatoms. The highest BCUT2D eigenvalue weighted by Gasteiger charge is 2.11. The minimum atomic E-state index is -1.68. The molecule has 2 N–H and O–H groups in total. The summed E-state index contributed by atoms with van der Waals surface area (Å²) in [6, 6.07) is 2.32. The number of ketones is 1. The number of rotatable bonds is 3. The Labute approximate surface area is 88.4 Å². The number of aliphatic carboxylic acids is 1. The number of benzene rings is 1. The van der Waals surface area contributed by atoms with E-state index in [-0.39, 0.29) is 5.56 Å². The van der Waals surface area contributed by atoms with Crippen molar-refractivity contribution in [1.29, 1.82) is 0 Å². The molecule has 0 saturated heterocycles. The van der Waals surface area contributed by atoms with E-state index in [0.717, 1.165) is 12.1 Å². The molecule has 0 aliphatic carbocycles. The Morgan fingerprint density at radius 3 is 2.25 bits per heavy atom. The summed E-state index contributed by atoms with van der Waals surface area (Å²) in [4.78, 5) is 21.4. The van der Waals surface area contributed by atoms with Crippen LogP contribution < -0.4 is 0 Å². The van der Waals surface area contributed by atoms with E-state index in [1.165, 1.54) is 0 Å². The summed E-state index contributed by atoms with van der Waals surface area (Å²) in [7, 11) is 0. The lowest BCUT2D eigenvalue weighted by Crippen LogP contribution is -2.04. The van der Waals surface area contributed by atoms with Crippen LogP contribution in [0.4, 0.5) is 8.78 Å². The molecule has 0 unspecified atom stereocenters. The molecule has 0 amide bonds. The third kappa shape index (κ3) is 2.63. The van der Waals surface area contributed by atoms with Crippen molar-refractivity contribution in [3.63, 3.8) is 0 Å². The Bertz CT molecular complexity index is 480. The van der Waals surface area contributed by atoms with Crippen LogP contribution in [0.15, 0.2) is 30.0 Å². The molecule has 1 rings (SSSR count). The number of carboxylic acid groups (broad SMARTS) is 1. The standard InChI is InChI=1S/C10H6F2O4/c11-6-2-1-5(3-7(6)12)8(13)4-9(14)10(15)16/h1-4,14H,(H,15,16). The molecule has 1 aromatic carbocycles. The predicted molar refractivity (Wildman–Crippen MR) is 49.0 cm³/mol. The van der Waals surface area contributed by atoms with Gasteiger partial charge in [0.15, 0.2) is 17.4 Å². The summed E-state index contributed by atoms with van der Waals surface area (Å²) in [5.74, 6) is -6.14.